The van der Waals surface area contributed by atoms with E-state index in [0.717, 1.165) is 0 Å². The summed E-state index contributed by atoms with van der Waals surface area (Å²) in [4.78, 5) is 0. The lowest BCUT2D eigenvalue weighted by molar-refractivity contribution is 0.176. The van der Waals surface area contributed by atoms with Crippen LogP contribution in [-0.2, 0) is 4.43 Å². The topological polar surface area (TPSA) is 29.5 Å². The molecule has 0 aliphatic carbocycles. The molecule has 0 spiro atoms. The summed E-state index contributed by atoms with van der Waals surface area (Å²) < 4.78 is 6.44. The highest BCUT2D eigenvalue weighted by Gasteiger charge is 2.44. The van der Waals surface area contributed by atoms with Crippen LogP contribution >= 0.6 is 0 Å². The van der Waals surface area contributed by atoms with E-state index < -0.39 is 22.5 Å². The number of rotatable bonds is 7. The van der Waals surface area contributed by atoms with Crippen molar-refractivity contribution in [2.75, 3.05) is 6.61 Å². The van der Waals surface area contributed by atoms with Gasteiger partial charge in [-0.05, 0) is 16.6 Å². The first-order valence-corrected chi connectivity index (χ1v) is 13.9. The van der Waals surface area contributed by atoms with Crippen LogP contribution in [0.5, 0.6) is 0 Å². The number of hydrogen-bond acceptors (Lipinski definition) is 2. The first-order chi connectivity index (χ1) is 9.43. The van der Waals surface area contributed by atoms with Crippen molar-refractivity contribution in [3.05, 3.63) is 0 Å². The maximum atomic E-state index is 10.0. The van der Waals surface area contributed by atoms with Crippen molar-refractivity contribution in [3.8, 4) is 11.5 Å². The SMILES string of the molecule is CC(C)[Si](OCC[C@@H](O)C#C[Si](C)(C)C)(C(C)C)C(C)C. The summed E-state index contributed by atoms with van der Waals surface area (Å²) in [6.45, 7) is 20.9. The molecule has 0 bridgehead atoms. The zero-order valence-electron chi connectivity index (χ0n) is 15.6. The highest BCUT2D eigenvalue weighted by atomic mass is 28.4. The van der Waals surface area contributed by atoms with Crippen molar-refractivity contribution in [2.24, 2.45) is 0 Å². The van der Waals surface area contributed by atoms with Crippen LogP contribution in [0, 0.1) is 11.5 Å². The molecule has 0 amide bonds. The molecule has 2 nitrogen and oxygen atoms in total. The van der Waals surface area contributed by atoms with Crippen LogP contribution in [0.1, 0.15) is 48.0 Å². The lowest BCUT2D eigenvalue weighted by atomic mass is 10.3. The Bertz CT molecular complexity index is 337. The van der Waals surface area contributed by atoms with Gasteiger partial charge in [0.25, 0.3) is 0 Å². The summed E-state index contributed by atoms with van der Waals surface area (Å²) in [5.74, 6) is 3.00. The van der Waals surface area contributed by atoms with E-state index in [2.05, 4.69) is 72.6 Å². The number of hydrogen-bond donors (Lipinski definition) is 1. The van der Waals surface area contributed by atoms with E-state index in [-0.39, 0.29) is 0 Å². The van der Waals surface area contributed by atoms with Crippen LogP contribution in [0.2, 0.25) is 36.3 Å². The quantitative estimate of drug-likeness (QED) is 0.537. The third-order valence-electron chi connectivity index (χ3n) is 4.06. The van der Waals surface area contributed by atoms with Gasteiger partial charge in [0.1, 0.15) is 14.2 Å². The molecular weight excluding hydrogens is 292 g/mol. The minimum Gasteiger partial charge on any atom is -0.416 e. The highest BCUT2D eigenvalue weighted by Crippen LogP contribution is 2.42. The van der Waals surface area contributed by atoms with Gasteiger partial charge < -0.3 is 9.53 Å². The van der Waals surface area contributed by atoms with E-state index in [1.54, 1.807) is 0 Å². The summed E-state index contributed by atoms with van der Waals surface area (Å²) in [5.41, 5.74) is 4.99. The first kappa shape index (κ1) is 20.9. The normalized spacial score (nSPS) is 14.5. The molecule has 0 aromatic heterocycles. The standard InChI is InChI=1S/C17H36O2Si2/c1-14(2)21(15(3)4,16(5)6)19-12-10-17(18)11-13-20(7,8)9/h14-18H,10,12H2,1-9H3/t17-/m1/s1. The Morgan fingerprint density at radius 2 is 1.33 bits per heavy atom. The zero-order valence-corrected chi connectivity index (χ0v) is 17.6. The zero-order chi connectivity index (χ0) is 16.8. The maximum Gasteiger partial charge on any atom is 0.200 e. The van der Waals surface area contributed by atoms with E-state index in [9.17, 15) is 5.11 Å². The summed E-state index contributed by atoms with van der Waals surface area (Å²) >= 11 is 0. The van der Waals surface area contributed by atoms with Crippen LogP contribution in [0.15, 0.2) is 0 Å². The average Bonchev–Trinajstić information content (AvgIpc) is 2.29. The van der Waals surface area contributed by atoms with Gasteiger partial charge >= 0.3 is 0 Å². The van der Waals surface area contributed by atoms with Crippen LogP contribution in [-0.4, -0.2) is 34.2 Å². The Hall–Kier alpha value is -0.0862. The Kier molecular flexibility index (Phi) is 8.49. The predicted octanol–water partition coefficient (Wildman–Crippen LogP) is 4.81. The fourth-order valence-electron chi connectivity index (χ4n) is 3.22. The van der Waals surface area contributed by atoms with Crippen molar-refractivity contribution in [2.45, 2.75) is 90.3 Å². The summed E-state index contributed by atoms with van der Waals surface area (Å²) in [5, 5.41) is 10.0. The first-order valence-electron chi connectivity index (χ1n) is 8.28. The Balaban J connectivity index is 4.68. The molecule has 0 saturated carbocycles. The highest BCUT2D eigenvalue weighted by molar-refractivity contribution is 6.83. The molecule has 124 valence electrons. The third-order valence-corrected chi connectivity index (χ3v) is 11.1. The van der Waals surface area contributed by atoms with Crippen LogP contribution < -0.4 is 0 Å². The molecule has 0 radical (unpaired) electrons. The summed E-state index contributed by atoms with van der Waals surface area (Å²) in [6, 6.07) is 0. The second kappa shape index (κ2) is 8.52. The Morgan fingerprint density at radius 3 is 1.67 bits per heavy atom. The van der Waals surface area contributed by atoms with Gasteiger partial charge in [-0.2, -0.15) is 0 Å². The molecule has 0 unspecified atom stereocenters. The molecule has 0 aromatic rings. The molecule has 0 aliphatic rings. The fourth-order valence-corrected chi connectivity index (χ4v) is 9.29. The molecule has 4 heteroatoms. The van der Waals surface area contributed by atoms with Crippen molar-refractivity contribution < 1.29 is 9.53 Å². The third kappa shape index (κ3) is 6.69. The lowest BCUT2D eigenvalue weighted by Gasteiger charge is -2.42. The molecule has 0 saturated heterocycles. The van der Waals surface area contributed by atoms with Gasteiger partial charge in [0, 0.05) is 13.0 Å². The summed E-state index contributed by atoms with van der Waals surface area (Å²) in [7, 11) is -3.21. The lowest BCUT2D eigenvalue weighted by Crippen LogP contribution is -2.48. The maximum absolute atomic E-state index is 10.0. The Morgan fingerprint density at radius 1 is 0.905 bits per heavy atom. The van der Waals surface area contributed by atoms with Gasteiger partial charge in [-0.3, -0.25) is 0 Å². The molecular formula is C17H36O2Si2. The minimum absolute atomic E-state index is 0.546. The van der Waals surface area contributed by atoms with Gasteiger partial charge in [-0.15, -0.1) is 5.54 Å². The largest absolute Gasteiger partial charge is 0.416 e. The molecule has 0 aromatic carbocycles. The molecule has 21 heavy (non-hydrogen) atoms. The monoisotopic (exact) mass is 328 g/mol. The van der Waals surface area contributed by atoms with Crippen LogP contribution in [0.25, 0.3) is 0 Å². The predicted molar refractivity (Wildman–Crippen MR) is 98.7 cm³/mol. The summed E-state index contributed by atoms with van der Waals surface area (Å²) in [6.07, 6.45) is 0.0770. The molecule has 0 rings (SSSR count). The Labute approximate surface area is 134 Å². The van der Waals surface area contributed by atoms with E-state index >= 15 is 0 Å². The number of aliphatic hydroxyl groups is 1. The van der Waals surface area contributed by atoms with E-state index in [0.29, 0.717) is 29.7 Å². The van der Waals surface area contributed by atoms with Crippen molar-refractivity contribution in [1.82, 2.24) is 0 Å². The molecule has 1 N–H and O–H groups in total. The van der Waals surface area contributed by atoms with Gasteiger partial charge in [-0.1, -0.05) is 67.1 Å². The minimum atomic E-state index is -1.80. The van der Waals surface area contributed by atoms with Crippen molar-refractivity contribution in [3.63, 3.8) is 0 Å². The fraction of sp³-hybridized carbons (Fsp3) is 0.882. The molecule has 1 atom stereocenters. The van der Waals surface area contributed by atoms with Gasteiger partial charge in [0.2, 0.25) is 0 Å². The van der Waals surface area contributed by atoms with Crippen molar-refractivity contribution >= 4 is 16.4 Å². The van der Waals surface area contributed by atoms with Crippen LogP contribution in [0.3, 0.4) is 0 Å². The van der Waals surface area contributed by atoms with E-state index in [4.69, 9.17) is 4.43 Å². The van der Waals surface area contributed by atoms with E-state index in [1.165, 1.54) is 0 Å². The second-order valence-corrected chi connectivity index (χ2v) is 18.2. The molecule has 0 aliphatic heterocycles. The average molecular weight is 329 g/mol. The van der Waals surface area contributed by atoms with Gasteiger partial charge in [0.05, 0.1) is 0 Å². The smallest absolute Gasteiger partial charge is 0.200 e. The van der Waals surface area contributed by atoms with E-state index in [1.807, 2.05) is 0 Å². The molecule has 0 fully saturated rings. The number of aliphatic hydroxyl groups excluding tert-OH is 1. The van der Waals surface area contributed by atoms with Crippen molar-refractivity contribution in [1.29, 1.82) is 0 Å². The second-order valence-electron chi connectivity index (χ2n) is 7.99. The van der Waals surface area contributed by atoms with Crippen LogP contribution in [0.4, 0.5) is 0 Å². The van der Waals surface area contributed by atoms with Gasteiger partial charge in [-0.25, -0.2) is 0 Å². The molecule has 0 heterocycles. The van der Waals surface area contributed by atoms with Gasteiger partial charge in [0.15, 0.2) is 8.32 Å².